The predicted molar refractivity (Wildman–Crippen MR) is 49.6 cm³/mol. The molecular formula is C10H18O2. The van der Waals surface area contributed by atoms with Crippen LogP contribution in [0.2, 0.25) is 0 Å². The van der Waals surface area contributed by atoms with Crippen molar-refractivity contribution < 1.29 is 10.2 Å². The Hall–Kier alpha value is -0.520. The first-order valence-electron chi connectivity index (χ1n) is 4.41. The largest absolute Gasteiger partial charge is 0.389 e. The summed E-state index contributed by atoms with van der Waals surface area (Å²) in [5.41, 5.74) is -1.26. The molecule has 0 aliphatic heterocycles. The fourth-order valence-corrected chi connectivity index (χ4v) is 0.611. The van der Waals surface area contributed by atoms with Gasteiger partial charge in [-0.3, -0.25) is 0 Å². The second-order valence-corrected chi connectivity index (χ2v) is 3.23. The number of aliphatic hydroxyl groups excluding tert-OH is 1. The van der Waals surface area contributed by atoms with Gasteiger partial charge in [0.15, 0.2) is 0 Å². The molecule has 2 heteroatoms. The molecule has 0 saturated carbocycles. The molecule has 0 spiro atoms. The highest BCUT2D eigenvalue weighted by atomic mass is 16.3. The summed E-state index contributed by atoms with van der Waals surface area (Å²) in [4.78, 5) is 0. The number of hydrogen-bond donors (Lipinski definition) is 2. The Bertz CT molecular complexity index is 172. The Morgan fingerprint density at radius 1 is 1.50 bits per heavy atom. The average molecular weight is 170 g/mol. The monoisotopic (exact) mass is 170 g/mol. The van der Waals surface area contributed by atoms with Gasteiger partial charge in [0.25, 0.3) is 0 Å². The number of aliphatic hydroxyl groups is 2. The van der Waals surface area contributed by atoms with Crippen LogP contribution in [-0.4, -0.2) is 21.9 Å². The van der Waals surface area contributed by atoms with Gasteiger partial charge in [0.2, 0.25) is 0 Å². The maximum absolute atomic E-state index is 9.47. The summed E-state index contributed by atoms with van der Waals surface area (Å²) in [6.07, 6.45) is 2.14. The van der Waals surface area contributed by atoms with Crippen molar-refractivity contribution in [2.45, 2.75) is 51.7 Å². The molecule has 0 fully saturated rings. The molecule has 0 aromatic heterocycles. The van der Waals surface area contributed by atoms with Crippen LogP contribution in [0.4, 0.5) is 0 Å². The van der Waals surface area contributed by atoms with Crippen molar-refractivity contribution in [1.82, 2.24) is 0 Å². The third kappa shape index (κ3) is 4.38. The van der Waals surface area contributed by atoms with Crippen LogP contribution in [0.1, 0.15) is 40.0 Å². The third-order valence-electron chi connectivity index (χ3n) is 1.81. The fourth-order valence-electron chi connectivity index (χ4n) is 0.611. The highest BCUT2D eigenvalue weighted by molar-refractivity contribution is 5.13. The van der Waals surface area contributed by atoms with Crippen molar-refractivity contribution in [3.63, 3.8) is 0 Å². The van der Waals surface area contributed by atoms with E-state index in [-0.39, 0.29) is 0 Å². The van der Waals surface area contributed by atoms with E-state index in [0.29, 0.717) is 0 Å². The SMILES string of the molecule is CCCCC#CC(C)(O)C(C)O. The Morgan fingerprint density at radius 3 is 2.50 bits per heavy atom. The van der Waals surface area contributed by atoms with Crippen LogP contribution >= 0.6 is 0 Å². The van der Waals surface area contributed by atoms with E-state index in [1.54, 1.807) is 0 Å². The summed E-state index contributed by atoms with van der Waals surface area (Å²) < 4.78 is 0. The van der Waals surface area contributed by atoms with Crippen molar-refractivity contribution in [2.75, 3.05) is 0 Å². The summed E-state index contributed by atoms with van der Waals surface area (Å²) in [6.45, 7) is 5.15. The van der Waals surface area contributed by atoms with Crippen molar-refractivity contribution in [3.05, 3.63) is 0 Å². The minimum absolute atomic E-state index is 0.791. The first-order chi connectivity index (χ1) is 5.50. The molecule has 2 N–H and O–H groups in total. The van der Waals surface area contributed by atoms with Crippen molar-refractivity contribution in [2.24, 2.45) is 0 Å². The van der Waals surface area contributed by atoms with Crippen LogP contribution in [0, 0.1) is 11.8 Å². The summed E-state index contributed by atoms with van der Waals surface area (Å²) >= 11 is 0. The molecule has 0 aliphatic carbocycles. The molecule has 0 saturated heterocycles. The van der Waals surface area contributed by atoms with Gasteiger partial charge in [-0.15, -0.1) is 5.92 Å². The Morgan fingerprint density at radius 2 is 2.08 bits per heavy atom. The van der Waals surface area contributed by atoms with Gasteiger partial charge in [0.1, 0.15) is 5.60 Å². The Labute approximate surface area is 74.6 Å². The van der Waals surface area contributed by atoms with Gasteiger partial charge >= 0.3 is 0 Å². The average Bonchev–Trinajstić information content (AvgIpc) is 1.98. The van der Waals surface area contributed by atoms with Gasteiger partial charge in [-0.05, 0) is 20.3 Å². The van der Waals surface area contributed by atoms with Gasteiger partial charge in [-0.25, -0.2) is 0 Å². The van der Waals surface area contributed by atoms with E-state index in [1.807, 2.05) is 0 Å². The molecule has 0 heterocycles. The quantitative estimate of drug-likeness (QED) is 0.495. The molecule has 0 aromatic rings. The van der Waals surface area contributed by atoms with Crippen molar-refractivity contribution >= 4 is 0 Å². The zero-order chi connectivity index (χ0) is 9.61. The summed E-state index contributed by atoms with van der Waals surface area (Å²) in [7, 11) is 0. The Balaban J connectivity index is 3.92. The molecule has 0 aromatic carbocycles. The van der Waals surface area contributed by atoms with E-state index in [2.05, 4.69) is 18.8 Å². The molecule has 2 atom stereocenters. The summed E-state index contributed by atoms with van der Waals surface area (Å²) in [5, 5.41) is 18.6. The lowest BCUT2D eigenvalue weighted by Crippen LogP contribution is -2.35. The standard InChI is InChI=1S/C10H18O2/c1-4-5-6-7-8-10(3,12)9(2)11/h9,11-12H,4-6H2,1-3H3. The maximum atomic E-state index is 9.47. The first-order valence-corrected chi connectivity index (χ1v) is 4.41. The van der Waals surface area contributed by atoms with Crippen molar-refractivity contribution in [3.8, 4) is 11.8 Å². The molecule has 0 amide bonds. The van der Waals surface area contributed by atoms with E-state index >= 15 is 0 Å². The van der Waals surface area contributed by atoms with Gasteiger partial charge in [0, 0.05) is 6.42 Å². The number of unbranched alkanes of at least 4 members (excludes halogenated alkanes) is 2. The Kier molecular flexibility index (Phi) is 4.96. The first kappa shape index (κ1) is 11.5. The second-order valence-electron chi connectivity index (χ2n) is 3.23. The summed E-state index contributed by atoms with van der Waals surface area (Å²) in [5.74, 6) is 5.50. The zero-order valence-corrected chi connectivity index (χ0v) is 8.09. The molecule has 0 radical (unpaired) electrons. The van der Waals surface area contributed by atoms with E-state index in [1.165, 1.54) is 13.8 Å². The molecule has 2 nitrogen and oxygen atoms in total. The van der Waals surface area contributed by atoms with Crippen LogP contribution in [0.25, 0.3) is 0 Å². The van der Waals surface area contributed by atoms with Crippen LogP contribution < -0.4 is 0 Å². The fraction of sp³-hybridized carbons (Fsp3) is 0.800. The predicted octanol–water partition coefficient (Wildman–Crippen LogP) is 1.31. The third-order valence-corrected chi connectivity index (χ3v) is 1.81. The van der Waals surface area contributed by atoms with Crippen LogP contribution in [0.5, 0.6) is 0 Å². The van der Waals surface area contributed by atoms with Crippen LogP contribution in [0.3, 0.4) is 0 Å². The zero-order valence-electron chi connectivity index (χ0n) is 8.09. The molecule has 70 valence electrons. The minimum Gasteiger partial charge on any atom is -0.389 e. The lowest BCUT2D eigenvalue weighted by molar-refractivity contribution is -0.00793. The van der Waals surface area contributed by atoms with Gasteiger partial charge < -0.3 is 10.2 Å². The normalized spacial score (nSPS) is 17.4. The van der Waals surface area contributed by atoms with E-state index < -0.39 is 11.7 Å². The van der Waals surface area contributed by atoms with E-state index in [4.69, 9.17) is 5.11 Å². The minimum atomic E-state index is -1.26. The summed E-state index contributed by atoms with van der Waals surface area (Å²) in [6, 6.07) is 0. The van der Waals surface area contributed by atoms with Crippen molar-refractivity contribution in [1.29, 1.82) is 0 Å². The molecule has 0 rings (SSSR count). The van der Waals surface area contributed by atoms with Gasteiger partial charge in [-0.2, -0.15) is 0 Å². The van der Waals surface area contributed by atoms with E-state index in [9.17, 15) is 5.11 Å². The van der Waals surface area contributed by atoms with Gasteiger partial charge in [0.05, 0.1) is 6.10 Å². The topological polar surface area (TPSA) is 40.5 Å². The second kappa shape index (κ2) is 5.18. The molecule has 2 unspecified atom stereocenters. The highest BCUT2D eigenvalue weighted by Gasteiger charge is 2.23. The van der Waals surface area contributed by atoms with Crippen LogP contribution in [-0.2, 0) is 0 Å². The number of hydrogen-bond acceptors (Lipinski definition) is 2. The number of rotatable bonds is 3. The maximum Gasteiger partial charge on any atom is 0.148 e. The van der Waals surface area contributed by atoms with Gasteiger partial charge in [-0.1, -0.05) is 19.3 Å². The molecular weight excluding hydrogens is 152 g/mol. The lowest BCUT2D eigenvalue weighted by atomic mass is 10.0. The molecule has 12 heavy (non-hydrogen) atoms. The van der Waals surface area contributed by atoms with Crippen LogP contribution in [0.15, 0.2) is 0 Å². The highest BCUT2D eigenvalue weighted by Crippen LogP contribution is 2.07. The lowest BCUT2D eigenvalue weighted by Gasteiger charge is -2.19. The molecule has 0 aliphatic rings. The molecule has 0 bridgehead atoms. The van der Waals surface area contributed by atoms with E-state index in [0.717, 1.165) is 19.3 Å². The smallest absolute Gasteiger partial charge is 0.148 e.